The number of carboxylic acids is 1. The summed E-state index contributed by atoms with van der Waals surface area (Å²) in [5.41, 5.74) is 1.44. The van der Waals surface area contributed by atoms with Gasteiger partial charge in [-0.15, -0.1) is 0 Å². The first kappa shape index (κ1) is 25.7. The highest BCUT2D eigenvalue weighted by molar-refractivity contribution is 7.70. The van der Waals surface area contributed by atoms with E-state index < -0.39 is 19.0 Å². The van der Waals surface area contributed by atoms with Crippen LogP contribution in [0.2, 0.25) is 5.02 Å². The molecule has 0 aliphatic rings. The molecular formula is C23H23ClN5O5P. The summed E-state index contributed by atoms with van der Waals surface area (Å²) >= 11 is 6.30. The molecule has 0 fully saturated rings. The average molecular weight is 516 g/mol. The topological polar surface area (TPSA) is 143 Å². The van der Waals surface area contributed by atoms with E-state index in [1.165, 1.54) is 13.3 Å². The Morgan fingerprint density at radius 2 is 1.83 bits per heavy atom. The molecule has 3 rings (SSSR count). The van der Waals surface area contributed by atoms with E-state index in [4.69, 9.17) is 21.4 Å². The summed E-state index contributed by atoms with van der Waals surface area (Å²) in [5, 5.41) is 18.3. The van der Waals surface area contributed by atoms with E-state index in [1.807, 2.05) is 12.1 Å². The second-order valence-corrected chi connectivity index (χ2v) is 11.2. The van der Waals surface area contributed by atoms with Gasteiger partial charge in [0.05, 0.1) is 24.7 Å². The number of rotatable bonds is 9. The van der Waals surface area contributed by atoms with E-state index in [-0.39, 0.29) is 11.0 Å². The second-order valence-electron chi connectivity index (χ2n) is 7.58. The fourth-order valence-corrected chi connectivity index (χ4v) is 4.32. The number of aliphatic carboxylic acids is 1. The lowest BCUT2D eigenvalue weighted by Gasteiger charge is -2.16. The van der Waals surface area contributed by atoms with Gasteiger partial charge < -0.3 is 30.4 Å². The minimum Gasteiger partial charge on any atom is -0.495 e. The fraction of sp³-hybridized carbons (Fsp3) is 0.130. The molecule has 10 nitrogen and oxygen atoms in total. The van der Waals surface area contributed by atoms with Crippen LogP contribution in [0.5, 0.6) is 5.75 Å². The van der Waals surface area contributed by atoms with Crippen molar-refractivity contribution in [2.24, 2.45) is 0 Å². The highest BCUT2D eigenvalue weighted by Crippen LogP contribution is 2.39. The Morgan fingerprint density at radius 3 is 2.51 bits per heavy atom. The zero-order valence-corrected chi connectivity index (χ0v) is 20.7. The second kappa shape index (κ2) is 11.0. The summed E-state index contributed by atoms with van der Waals surface area (Å²) in [6.45, 7) is 3.36. The van der Waals surface area contributed by atoms with Crippen LogP contribution in [0.15, 0.2) is 60.8 Å². The van der Waals surface area contributed by atoms with Gasteiger partial charge in [0.15, 0.2) is 5.82 Å². The Morgan fingerprint density at radius 1 is 1.09 bits per heavy atom. The molecule has 0 unspecified atom stereocenters. The van der Waals surface area contributed by atoms with E-state index in [1.54, 1.807) is 43.7 Å². The normalized spacial score (nSPS) is 11.2. The summed E-state index contributed by atoms with van der Waals surface area (Å²) in [5.74, 6) is -0.920. The van der Waals surface area contributed by atoms with E-state index in [2.05, 4.69) is 25.9 Å². The van der Waals surface area contributed by atoms with Gasteiger partial charge in [-0.25, -0.2) is 9.78 Å². The third-order valence-corrected chi connectivity index (χ3v) is 6.40. The highest BCUT2D eigenvalue weighted by Gasteiger charge is 2.17. The quantitative estimate of drug-likeness (QED) is 0.240. The van der Waals surface area contributed by atoms with E-state index >= 15 is 0 Å². The standard InChI is InChI=1S/C23H23ClN5O5P/c1-34-18-9-8-14(26-20(30)10-11-21(31)32)12-17(18)28-23-25-13-15(24)22(29-23)27-16-6-4-5-7-19(16)35(2,3)33/h4-13H,1-3H3,(H,26,30)(H,31,32)(H2,25,27,28,29)/b11-10-. The van der Waals surface area contributed by atoms with Crippen molar-refractivity contribution in [3.8, 4) is 5.75 Å². The summed E-state index contributed by atoms with van der Waals surface area (Å²) in [7, 11) is -1.09. The molecule has 0 bridgehead atoms. The van der Waals surface area contributed by atoms with Crippen LogP contribution in [-0.4, -0.2) is 47.4 Å². The van der Waals surface area contributed by atoms with Crippen LogP contribution in [0.25, 0.3) is 0 Å². The average Bonchev–Trinajstić information content (AvgIpc) is 2.80. The summed E-state index contributed by atoms with van der Waals surface area (Å²) in [4.78, 5) is 31.1. The van der Waals surface area contributed by atoms with Crippen LogP contribution in [-0.2, 0) is 14.2 Å². The van der Waals surface area contributed by atoms with Crippen molar-refractivity contribution in [3.05, 3.63) is 65.8 Å². The molecule has 4 N–H and O–H groups in total. The molecule has 1 heterocycles. The number of aromatic nitrogens is 2. The molecule has 1 amide bonds. The minimum absolute atomic E-state index is 0.179. The highest BCUT2D eigenvalue weighted by atomic mass is 35.5. The number of hydrogen-bond acceptors (Lipinski definition) is 8. The van der Waals surface area contributed by atoms with Crippen molar-refractivity contribution in [2.75, 3.05) is 36.4 Å². The van der Waals surface area contributed by atoms with Crippen LogP contribution in [0, 0.1) is 0 Å². The summed E-state index contributed by atoms with van der Waals surface area (Å²) < 4.78 is 18.0. The first-order valence-corrected chi connectivity index (χ1v) is 13.2. The van der Waals surface area contributed by atoms with Crippen LogP contribution in [0.3, 0.4) is 0 Å². The fourth-order valence-electron chi connectivity index (χ4n) is 3.03. The van der Waals surface area contributed by atoms with Crippen LogP contribution < -0.4 is 26.0 Å². The molecule has 0 saturated carbocycles. The minimum atomic E-state index is -2.57. The van der Waals surface area contributed by atoms with Gasteiger partial charge in [0.2, 0.25) is 11.9 Å². The third-order valence-electron chi connectivity index (χ3n) is 4.57. The number of carbonyl (C=O) groups excluding carboxylic acids is 1. The number of ether oxygens (including phenoxy) is 1. The van der Waals surface area contributed by atoms with Crippen molar-refractivity contribution in [1.82, 2.24) is 9.97 Å². The number of carboxylic acid groups (broad SMARTS) is 1. The maximum atomic E-state index is 12.7. The van der Waals surface area contributed by atoms with Gasteiger partial charge in [-0.2, -0.15) is 4.98 Å². The number of carbonyl (C=O) groups is 2. The number of hydrogen-bond donors (Lipinski definition) is 4. The van der Waals surface area contributed by atoms with Gasteiger partial charge in [0.25, 0.3) is 0 Å². The number of nitrogens with one attached hydrogen (secondary N) is 3. The van der Waals surface area contributed by atoms with Crippen molar-refractivity contribution in [1.29, 1.82) is 0 Å². The number of amides is 1. The molecule has 2 aromatic carbocycles. The number of nitrogens with zero attached hydrogens (tertiary/aromatic N) is 2. The molecule has 0 spiro atoms. The van der Waals surface area contributed by atoms with Gasteiger partial charge in [0, 0.05) is 23.1 Å². The summed E-state index contributed by atoms with van der Waals surface area (Å²) in [6.07, 6.45) is 3.06. The number of halogens is 1. The predicted molar refractivity (Wildman–Crippen MR) is 138 cm³/mol. The zero-order valence-electron chi connectivity index (χ0n) is 19.1. The Hall–Kier alpha value is -3.88. The van der Waals surface area contributed by atoms with E-state index in [0.29, 0.717) is 33.9 Å². The Labute approximate surface area is 206 Å². The molecule has 0 aliphatic carbocycles. The molecule has 1 aromatic heterocycles. The molecule has 0 aliphatic heterocycles. The van der Waals surface area contributed by atoms with Crippen molar-refractivity contribution < 1.29 is 24.0 Å². The van der Waals surface area contributed by atoms with Crippen molar-refractivity contribution in [3.63, 3.8) is 0 Å². The van der Waals surface area contributed by atoms with Gasteiger partial charge in [-0.05, 0) is 43.7 Å². The van der Waals surface area contributed by atoms with E-state index in [9.17, 15) is 14.2 Å². The molecule has 0 atom stereocenters. The number of anilines is 5. The van der Waals surface area contributed by atoms with Crippen molar-refractivity contribution >= 4 is 64.8 Å². The van der Waals surface area contributed by atoms with Gasteiger partial charge in [0.1, 0.15) is 17.9 Å². The maximum absolute atomic E-state index is 12.7. The smallest absolute Gasteiger partial charge is 0.328 e. The van der Waals surface area contributed by atoms with Crippen LogP contribution >= 0.6 is 18.7 Å². The van der Waals surface area contributed by atoms with Gasteiger partial charge in [-0.1, -0.05) is 23.7 Å². The van der Waals surface area contributed by atoms with Gasteiger partial charge >= 0.3 is 5.97 Å². The van der Waals surface area contributed by atoms with E-state index in [0.717, 1.165) is 12.2 Å². The number of benzene rings is 2. The molecular weight excluding hydrogens is 493 g/mol. The largest absolute Gasteiger partial charge is 0.495 e. The molecule has 3 aromatic rings. The Kier molecular flexibility index (Phi) is 8.11. The molecule has 12 heteroatoms. The van der Waals surface area contributed by atoms with Gasteiger partial charge in [-0.3, -0.25) is 4.79 Å². The van der Waals surface area contributed by atoms with Crippen molar-refractivity contribution in [2.45, 2.75) is 0 Å². The lowest BCUT2D eigenvalue weighted by Crippen LogP contribution is -2.11. The van der Waals surface area contributed by atoms with Crippen LogP contribution in [0.4, 0.5) is 28.8 Å². The molecule has 182 valence electrons. The first-order valence-electron chi connectivity index (χ1n) is 10.2. The first-order chi connectivity index (χ1) is 16.6. The monoisotopic (exact) mass is 515 g/mol. The predicted octanol–water partition coefficient (Wildman–Crippen LogP) is 4.45. The SMILES string of the molecule is COc1ccc(NC(=O)/C=C\C(=O)O)cc1Nc1ncc(Cl)c(Nc2ccccc2P(C)(C)=O)n1. The molecule has 0 saturated heterocycles. The third kappa shape index (κ3) is 7.05. The lowest BCUT2D eigenvalue weighted by molar-refractivity contribution is -0.131. The summed E-state index contributed by atoms with van der Waals surface area (Å²) in [6, 6.07) is 12.0. The Bertz CT molecular complexity index is 1340. The zero-order chi connectivity index (χ0) is 25.6. The number of para-hydroxylation sites is 1. The van der Waals surface area contributed by atoms with Crippen LogP contribution in [0.1, 0.15) is 0 Å². The number of methoxy groups -OCH3 is 1. The maximum Gasteiger partial charge on any atom is 0.328 e. The Balaban J connectivity index is 1.88. The lowest BCUT2D eigenvalue weighted by atomic mass is 10.2. The molecule has 0 radical (unpaired) electrons. The molecule has 35 heavy (non-hydrogen) atoms.